The molecule has 0 spiro atoms. The average molecular weight is 345 g/mol. The molecule has 26 heavy (non-hydrogen) atoms. The molecule has 0 radical (unpaired) electrons. The molecule has 7 rings (SSSR count). The molecule has 0 unspecified atom stereocenters. The number of amides is 2. The lowest BCUT2D eigenvalue weighted by molar-refractivity contribution is -0.140. The van der Waals surface area contributed by atoms with Crippen molar-refractivity contribution >= 4 is 28.9 Å². The predicted molar refractivity (Wildman–Crippen MR) is 97.2 cm³/mol. The summed E-state index contributed by atoms with van der Waals surface area (Å²) in [6.45, 7) is 1.98. The van der Waals surface area contributed by atoms with Gasteiger partial charge in [0.25, 0.3) is 11.8 Å². The number of hydrogen-bond acceptors (Lipinski definition) is 3. The lowest BCUT2D eigenvalue weighted by Crippen LogP contribution is -2.40. The minimum Gasteiger partial charge on any atom is -0.358 e. The van der Waals surface area contributed by atoms with Crippen LogP contribution in [0.25, 0.3) is 10.9 Å². The number of carbonyl (C=O) groups is 2. The van der Waals surface area contributed by atoms with Crippen LogP contribution in [-0.4, -0.2) is 28.0 Å². The second-order valence-electron chi connectivity index (χ2n) is 8.10. The summed E-state index contributed by atoms with van der Waals surface area (Å²) >= 11 is 0. The van der Waals surface area contributed by atoms with E-state index in [9.17, 15) is 9.59 Å². The van der Waals surface area contributed by atoms with Crippen LogP contribution >= 0.6 is 0 Å². The number of nitrogens with zero attached hydrogens (tertiary/aromatic N) is 2. The fraction of sp³-hybridized carbons (Fsp3) is 0.381. The van der Waals surface area contributed by atoms with Crippen molar-refractivity contribution < 1.29 is 9.59 Å². The number of H-pyrrole nitrogens is 1. The van der Waals surface area contributed by atoms with E-state index in [0.717, 1.165) is 27.2 Å². The van der Waals surface area contributed by atoms with Crippen LogP contribution in [0.15, 0.2) is 41.5 Å². The van der Waals surface area contributed by atoms with E-state index < -0.39 is 0 Å². The maximum absolute atomic E-state index is 13.0. The zero-order valence-electron chi connectivity index (χ0n) is 14.4. The van der Waals surface area contributed by atoms with E-state index in [1.807, 2.05) is 31.2 Å². The molecule has 1 aromatic carbocycles. The monoisotopic (exact) mass is 345 g/mol. The molecule has 2 amide bonds. The molecule has 2 saturated carbocycles. The molecule has 2 heterocycles. The maximum atomic E-state index is 13.0. The minimum absolute atomic E-state index is 0.113. The van der Waals surface area contributed by atoms with Gasteiger partial charge in [-0.15, -0.1) is 0 Å². The molecular formula is C21H19N3O2. The van der Waals surface area contributed by atoms with Crippen molar-refractivity contribution in [2.24, 2.45) is 40.6 Å². The number of para-hydroxylation sites is 1. The van der Waals surface area contributed by atoms with E-state index in [1.54, 1.807) is 6.21 Å². The van der Waals surface area contributed by atoms with E-state index in [-0.39, 0.29) is 35.5 Å². The topological polar surface area (TPSA) is 65.5 Å². The fourth-order valence-electron chi connectivity index (χ4n) is 5.64. The number of carbonyl (C=O) groups excluding carboxylic acids is 2. The molecule has 130 valence electrons. The van der Waals surface area contributed by atoms with Crippen LogP contribution in [0, 0.1) is 42.4 Å². The third-order valence-electron chi connectivity index (χ3n) is 6.89. The van der Waals surface area contributed by atoms with E-state index in [4.69, 9.17) is 0 Å². The maximum Gasteiger partial charge on any atom is 0.254 e. The van der Waals surface area contributed by atoms with Gasteiger partial charge in [-0.3, -0.25) is 9.59 Å². The predicted octanol–water partition coefficient (Wildman–Crippen LogP) is 2.86. The van der Waals surface area contributed by atoms with E-state index >= 15 is 0 Å². The van der Waals surface area contributed by atoms with Gasteiger partial charge in [-0.25, -0.2) is 0 Å². The Morgan fingerprint density at radius 1 is 1.08 bits per heavy atom. The highest BCUT2D eigenvalue weighted by atomic mass is 16.2. The zero-order valence-corrected chi connectivity index (χ0v) is 14.4. The lowest BCUT2D eigenvalue weighted by atomic mass is 9.63. The van der Waals surface area contributed by atoms with Crippen molar-refractivity contribution in [1.29, 1.82) is 0 Å². The molecule has 3 fully saturated rings. The zero-order chi connectivity index (χ0) is 17.6. The molecule has 6 atom stereocenters. The van der Waals surface area contributed by atoms with Gasteiger partial charge in [0.1, 0.15) is 0 Å². The number of nitrogens with one attached hydrogen (secondary N) is 1. The van der Waals surface area contributed by atoms with Crippen molar-refractivity contribution in [1.82, 2.24) is 9.99 Å². The second-order valence-corrected chi connectivity index (χ2v) is 8.10. The Morgan fingerprint density at radius 3 is 2.42 bits per heavy atom. The summed E-state index contributed by atoms with van der Waals surface area (Å²) in [4.78, 5) is 29.2. The fourth-order valence-corrected chi connectivity index (χ4v) is 5.64. The summed E-state index contributed by atoms with van der Waals surface area (Å²) < 4.78 is 0. The van der Waals surface area contributed by atoms with Crippen LogP contribution in [0.1, 0.15) is 17.7 Å². The summed E-state index contributed by atoms with van der Waals surface area (Å²) in [5, 5.41) is 6.56. The van der Waals surface area contributed by atoms with Crippen molar-refractivity contribution in [3.63, 3.8) is 0 Å². The van der Waals surface area contributed by atoms with Crippen LogP contribution in [0.3, 0.4) is 0 Å². The van der Waals surface area contributed by atoms with E-state index in [2.05, 4.69) is 22.2 Å². The summed E-state index contributed by atoms with van der Waals surface area (Å²) in [5.41, 5.74) is 2.94. The number of rotatable bonds is 2. The van der Waals surface area contributed by atoms with Gasteiger partial charge in [-0.05, 0) is 43.1 Å². The average Bonchev–Trinajstić information content (AvgIpc) is 3.36. The number of allylic oxidation sites excluding steroid dienone is 2. The van der Waals surface area contributed by atoms with Crippen LogP contribution in [-0.2, 0) is 9.59 Å². The first-order valence-corrected chi connectivity index (χ1v) is 9.32. The van der Waals surface area contributed by atoms with Gasteiger partial charge in [-0.1, -0.05) is 30.4 Å². The smallest absolute Gasteiger partial charge is 0.254 e. The Hall–Kier alpha value is -2.69. The van der Waals surface area contributed by atoms with Gasteiger partial charge < -0.3 is 4.98 Å². The number of hydrazone groups is 1. The molecule has 5 nitrogen and oxygen atoms in total. The van der Waals surface area contributed by atoms with Crippen LogP contribution in [0.2, 0.25) is 0 Å². The van der Waals surface area contributed by atoms with Gasteiger partial charge in [0.15, 0.2) is 0 Å². The third kappa shape index (κ3) is 1.68. The second kappa shape index (κ2) is 4.72. The number of fused-ring (bicyclic) bond motifs is 1. The highest BCUT2D eigenvalue weighted by Crippen LogP contribution is 2.65. The third-order valence-corrected chi connectivity index (χ3v) is 6.89. The summed E-state index contributed by atoms with van der Waals surface area (Å²) in [5.74, 6) is 1.09. The minimum atomic E-state index is -0.192. The number of imide groups is 1. The highest BCUT2D eigenvalue weighted by molar-refractivity contribution is 6.07. The van der Waals surface area contributed by atoms with Crippen LogP contribution < -0.4 is 0 Å². The normalized spacial score (nSPS) is 37.0. The number of aromatic nitrogens is 1. The molecule has 2 bridgehead atoms. The Balaban J connectivity index is 1.36. The highest BCUT2D eigenvalue weighted by Gasteiger charge is 2.67. The van der Waals surface area contributed by atoms with Gasteiger partial charge in [-0.2, -0.15) is 10.1 Å². The first kappa shape index (κ1) is 14.5. The summed E-state index contributed by atoms with van der Waals surface area (Å²) in [6, 6.07) is 7.98. The molecule has 2 aromatic rings. The van der Waals surface area contributed by atoms with Crippen molar-refractivity contribution in [2.45, 2.75) is 13.3 Å². The van der Waals surface area contributed by atoms with Crippen molar-refractivity contribution in [2.75, 3.05) is 0 Å². The van der Waals surface area contributed by atoms with Gasteiger partial charge in [0.2, 0.25) is 0 Å². The van der Waals surface area contributed by atoms with Crippen molar-refractivity contribution in [3.8, 4) is 0 Å². The lowest BCUT2D eigenvalue weighted by Gasteiger charge is -2.37. The van der Waals surface area contributed by atoms with Gasteiger partial charge in [0, 0.05) is 22.2 Å². The first-order valence-electron chi connectivity index (χ1n) is 9.32. The SMILES string of the molecule is Cc1[nH]c2ccccc2c1/C=N\N1C(=O)[C@@H]2[C@H]3C=C[C@@H]([C@@H]4C[C@H]34)[C@H]2C1=O. The Labute approximate surface area is 150 Å². The summed E-state index contributed by atoms with van der Waals surface area (Å²) in [7, 11) is 0. The number of hydrogen-bond donors (Lipinski definition) is 1. The number of aryl methyl sites for hydroxylation is 1. The van der Waals surface area contributed by atoms with Crippen LogP contribution in [0.5, 0.6) is 0 Å². The largest absolute Gasteiger partial charge is 0.358 e. The van der Waals surface area contributed by atoms with E-state index in [0.29, 0.717) is 11.8 Å². The molecule has 1 aliphatic heterocycles. The molecule has 5 heteroatoms. The molecule has 1 N–H and O–H groups in total. The Kier molecular flexibility index (Phi) is 2.63. The molecule has 4 aliphatic carbocycles. The van der Waals surface area contributed by atoms with Gasteiger partial charge in [0.05, 0.1) is 18.1 Å². The Bertz CT molecular complexity index is 997. The standard InChI is InChI=1S/C21H19N3O2/c1-10-16(11-4-2-3-5-17(11)23-10)9-22-24-20(25)18-12-6-7-13(15-8-14(12)15)19(18)21(24)26/h2-7,9,12-15,18-19,23H,8H2,1H3/b22-9-/t12-,13-,14-,15+,18+,19+/m0/s1. The quantitative estimate of drug-likeness (QED) is 0.517. The Morgan fingerprint density at radius 2 is 1.73 bits per heavy atom. The van der Waals surface area contributed by atoms with Crippen molar-refractivity contribution in [3.05, 3.63) is 47.7 Å². The van der Waals surface area contributed by atoms with Crippen LogP contribution in [0.4, 0.5) is 0 Å². The molecule has 5 aliphatic rings. The van der Waals surface area contributed by atoms with Gasteiger partial charge >= 0.3 is 0 Å². The summed E-state index contributed by atoms with van der Waals surface area (Å²) in [6.07, 6.45) is 7.20. The first-order chi connectivity index (χ1) is 12.6. The molecule has 1 saturated heterocycles. The molecule has 1 aromatic heterocycles. The molecular weight excluding hydrogens is 326 g/mol. The number of benzene rings is 1. The number of aromatic amines is 1. The van der Waals surface area contributed by atoms with E-state index in [1.165, 1.54) is 6.42 Å².